The van der Waals surface area contributed by atoms with Gasteiger partial charge in [0.2, 0.25) is 0 Å². The van der Waals surface area contributed by atoms with Crippen molar-refractivity contribution in [1.82, 2.24) is 4.57 Å². The van der Waals surface area contributed by atoms with Crippen molar-refractivity contribution in [2.75, 3.05) is 4.81 Å². The SMILES string of the molecule is Cc1cc2c(cc1N1B3c4c(cc(-c5ccccc5)cc4-n4c5c3cccc5c3ccc5ccccc5c34)-c3c1ccc1c3oc3ccccc31)C(C)(C)CCC2(C)C. The lowest BCUT2D eigenvalue weighted by atomic mass is 9.43. The monoisotopic (exact) mass is 758 g/mol. The number of fused-ring (bicyclic) bond motifs is 14. The van der Waals surface area contributed by atoms with E-state index in [0.29, 0.717) is 0 Å². The highest BCUT2D eigenvalue weighted by molar-refractivity contribution is 6.93. The van der Waals surface area contributed by atoms with E-state index >= 15 is 0 Å². The molecule has 2 aliphatic heterocycles. The van der Waals surface area contributed by atoms with Crippen LogP contribution in [0, 0.1) is 6.92 Å². The van der Waals surface area contributed by atoms with Crippen molar-refractivity contribution in [2.45, 2.75) is 58.3 Å². The van der Waals surface area contributed by atoms with Gasteiger partial charge in [0.25, 0.3) is 0 Å². The fourth-order valence-electron chi connectivity index (χ4n) is 11.5. The fourth-order valence-corrected chi connectivity index (χ4v) is 11.5. The van der Waals surface area contributed by atoms with Crippen LogP contribution in [-0.4, -0.2) is 11.4 Å². The number of para-hydroxylation sites is 2. The first kappa shape index (κ1) is 33.5. The van der Waals surface area contributed by atoms with Crippen LogP contribution in [0.5, 0.6) is 0 Å². The Morgan fingerprint density at radius 2 is 1.24 bits per heavy atom. The maximum absolute atomic E-state index is 7.05. The third-order valence-electron chi connectivity index (χ3n) is 14.5. The van der Waals surface area contributed by atoms with Crippen LogP contribution in [0.2, 0.25) is 0 Å². The van der Waals surface area contributed by atoms with E-state index in [1.54, 1.807) is 0 Å². The lowest BCUT2D eigenvalue weighted by Crippen LogP contribution is -2.60. The summed E-state index contributed by atoms with van der Waals surface area (Å²) in [6.07, 6.45) is 2.35. The van der Waals surface area contributed by atoms with Crippen molar-refractivity contribution in [2.24, 2.45) is 0 Å². The predicted molar refractivity (Wildman–Crippen MR) is 250 cm³/mol. The summed E-state index contributed by atoms with van der Waals surface area (Å²) in [6.45, 7) is 12.0. The summed E-state index contributed by atoms with van der Waals surface area (Å²) in [5.74, 6) is 0. The molecule has 0 N–H and O–H groups in total. The molecule has 0 bridgehead atoms. The minimum atomic E-state index is -0.0811. The largest absolute Gasteiger partial charge is 0.455 e. The summed E-state index contributed by atoms with van der Waals surface area (Å²) in [6, 6.07) is 54.8. The Morgan fingerprint density at radius 3 is 2.07 bits per heavy atom. The number of anilines is 2. The van der Waals surface area contributed by atoms with Crippen LogP contribution in [-0.2, 0) is 10.8 Å². The minimum Gasteiger partial charge on any atom is -0.455 e. The molecule has 4 heteroatoms. The van der Waals surface area contributed by atoms with Crippen molar-refractivity contribution in [3.8, 4) is 27.9 Å². The molecule has 1 aliphatic carbocycles. The third kappa shape index (κ3) is 4.34. The van der Waals surface area contributed by atoms with Crippen molar-refractivity contribution in [3.63, 3.8) is 0 Å². The lowest BCUT2D eigenvalue weighted by Gasteiger charge is -2.45. The average Bonchev–Trinajstić information content (AvgIpc) is 3.81. The predicted octanol–water partition coefficient (Wildman–Crippen LogP) is 13.4. The Bertz CT molecular complexity index is 3470. The topological polar surface area (TPSA) is 21.3 Å². The molecule has 59 heavy (non-hydrogen) atoms. The Labute approximate surface area is 344 Å². The molecule has 3 nitrogen and oxygen atoms in total. The maximum atomic E-state index is 7.05. The van der Waals surface area contributed by atoms with Crippen LogP contribution in [0.15, 0.2) is 150 Å². The number of benzene rings is 8. The van der Waals surface area contributed by atoms with Crippen LogP contribution in [0.25, 0.3) is 82.5 Å². The van der Waals surface area contributed by atoms with Crippen molar-refractivity contribution >= 4 is 83.7 Å². The highest BCUT2D eigenvalue weighted by Crippen LogP contribution is 2.53. The van der Waals surface area contributed by atoms with Crippen LogP contribution >= 0.6 is 0 Å². The van der Waals surface area contributed by atoms with Gasteiger partial charge in [0.1, 0.15) is 11.2 Å². The minimum absolute atomic E-state index is 0.0579. The lowest BCUT2D eigenvalue weighted by molar-refractivity contribution is 0.332. The molecule has 13 rings (SSSR count). The first-order valence-corrected chi connectivity index (χ1v) is 21.3. The van der Waals surface area contributed by atoms with E-state index in [9.17, 15) is 0 Å². The zero-order valence-corrected chi connectivity index (χ0v) is 34.2. The highest BCUT2D eigenvalue weighted by atomic mass is 16.3. The molecule has 0 amide bonds. The van der Waals surface area contributed by atoms with Gasteiger partial charge in [-0.05, 0) is 117 Å². The Hall–Kier alpha value is -6.52. The highest BCUT2D eigenvalue weighted by Gasteiger charge is 2.46. The van der Waals surface area contributed by atoms with E-state index in [0.717, 1.165) is 33.9 Å². The Kier molecular flexibility index (Phi) is 6.44. The van der Waals surface area contributed by atoms with Crippen LogP contribution in [0.1, 0.15) is 57.2 Å². The molecule has 8 aromatic carbocycles. The van der Waals surface area contributed by atoms with Gasteiger partial charge in [0.05, 0.1) is 11.0 Å². The Morgan fingerprint density at radius 1 is 0.542 bits per heavy atom. The van der Waals surface area contributed by atoms with E-state index in [-0.39, 0.29) is 17.7 Å². The number of hydrogen-bond acceptors (Lipinski definition) is 2. The van der Waals surface area contributed by atoms with E-state index < -0.39 is 0 Å². The zero-order chi connectivity index (χ0) is 39.5. The van der Waals surface area contributed by atoms with Gasteiger partial charge >= 0.3 is 6.85 Å². The molecule has 0 radical (unpaired) electrons. The van der Waals surface area contributed by atoms with E-state index in [1.807, 2.05) is 0 Å². The van der Waals surface area contributed by atoms with Gasteiger partial charge in [-0.25, -0.2) is 0 Å². The maximum Gasteiger partial charge on any atom is 0.333 e. The van der Waals surface area contributed by atoms with E-state index in [2.05, 4.69) is 190 Å². The molecule has 2 aromatic heterocycles. The van der Waals surface area contributed by atoms with Gasteiger partial charge in [-0.3, -0.25) is 0 Å². The molecular weight excluding hydrogens is 715 g/mol. The summed E-state index contributed by atoms with van der Waals surface area (Å²) < 4.78 is 9.67. The van der Waals surface area contributed by atoms with Crippen molar-refractivity contribution < 1.29 is 4.42 Å². The van der Waals surface area contributed by atoms with Gasteiger partial charge in [-0.1, -0.05) is 137 Å². The molecule has 282 valence electrons. The number of aryl methyl sites for hydroxylation is 1. The smallest absolute Gasteiger partial charge is 0.333 e. The average molecular weight is 759 g/mol. The van der Waals surface area contributed by atoms with Gasteiger partial charge in [-0.2, -0.15) is 0 Å². The number of aromatic nitrogens is 1. The number of furan rings is 1. The molecule has 0 spiro atoms. The second-order valence-electron chi connectivity index (χ2n) is 18.7. The molecule has 0 unspecified atom stereocenters. The van der Waals surface area contributed by atoms with E-state index in [1.165, 1.54) is 100 Å². The van der Waals surface area contributed by atoms with Crippen molar-refractivity contribution in [1.29, 1.82) is 0 Å². The van der Waals surface area contributed by atoms with Gasteiger partial charge in [-0.15, -0.1) is 0 Å². The first-order valence-electron chi connectivity index (χ1n) is 21.3. The normalized spacial score (nSPS) is 15.9. The quantitative estimate of drug-likeness (QED) is 0.164. The van der Waals surface area contributed by atoms with Crippen molar-refractivity contribution in [3.05, 3.63) is 162 Å². The fraction of sp³-hybridized carbons (Fsp3) is 0.164. The molecule has 0 atom stereocenters. The second kappa shape index (κ2) is 11.4. The third-order valence-corrected chi connectivity index (χ3v) is 14.5. The summed E-state index contributed by atoms with van der Waals surface area (Å²) in [4.78, 5) is 2.71. The van der Waals surface area contributed by atoms with E-state index in [4.69, 9.17) is 4.42 Å². The molecular formula is C55H43BN2O. The summed E-state index contributed by atoms with van der Waals surface area (Å²) >= 11 is 0. The van der Waals surface area contributed by atoms with Crippen LogP contribution in [0.4, 0.5) is 11.4 Å². The number of nitrogens with zero attached hydrogens (tertiary/aromatic N) is 2. The summed E-state index contributed by atoms with van der Waals surface area (Å²) in [5, 5.41) is 7.41. The number of hydrogen-bond donors (Lipinski definition) is 0. The van der Waals surface area contributed by atoms with Gasteiger partial charge < -0.3 is 13.8 Å². The molecule has 0 saturated carbocycles. The molecule has 10 aromatic rings. The van der Waals surface area contributed by atoms with Crippen LogP contribution in [0.3, 0.4) is 0 Å². The summed E-state index contributed by atoms with van der Waals surface area (Å²) in [7, 11) is 0. The standard InChI is InChI=1S/C55H43BN2O/c1-32-28-42-43(55(4,5)27-26-54(42,2)3)31-46(32)58-45-25-24-40-37-18-11-12-21-48(37)59-53(40)49(45)41-29-35(33-14-7-6-8-15-33)30-47-50(41)56(58)44-20-13-19-38-39-23-22-34-16-9-10-17-36(34)51(39)57(47)52(38)44/h6-25,28-31H,26-27H2,1-5H3. The summed E-state index contributed by atoms with van der Waals surface area (Å²) in [5.41, 5.74) is 20.0. The Balaban J connectivity index is 1.24. The molecule has 3 aliphatic rings. The first-order chi connectivity index (χ1) is 28.7. The molecule has 4 heterocycles. The second-order valence-corrected chi connectivity index (χ2v) is 18.7. The number of rotatable bonds is 2. The van der Waals surface area contributed by atoms with Gasteiger partial charge in [0.15, 0.2) is 0 Å². The molecule has 0 fully saturated rings. The van der Waals surface area contributed by atoms with Crippen LogP contribution < -0.4 is 15.7 Å². The molecule has 0 saturated heterocycles. The van der Waals surface area contributed by atoms with Gasteiger partial charge in [0, 0.05) is 49.6 Å². The zero-order valence-electron chi connectivity index (χ0n) is 34.2.